The molecule has 1 rings (SSSR count). The van der Waals surface area contributed by atoms with E-state index in [9.17, 15) is 0 Å². The van der Waals surface area contributed by atoms with Gasteiger partial charge in [-0.2, -0.15) is 5.10 Å². The first kappa shape index (κ1) is 9.26. The monoisotopic (exact) mass is 167 g/mol. The lowest BCUT2D eigenvalue weighted by Gasteiger charge is -2.04. The fraction of sp³-hybridized carbons (Fsp3) is 0.667. The Bertz CT molecular complexity index is 229. The average molecular weight is 167 g/mol. The molecule has 0 spiro atoms. The topological polar surface area (TPSA) is 43.8 Å². The summed E-state index contributed by atoms with van der Waals surface area (Å²) in [6, 6.07) is 0.277. The van der Waals surface area contributed by atoms with E-state index < -0.39 is 0 Å². The largest absolute Gasteiger partial charge is 0.327 e. The molecule has 0 aromatic carbocycles. The standard InChI is InChI=1S/C9H17N3/c1-3-9(10)5-8-6-11-12(4-2)7-8/h6-7,9H,3-5,10H2,1-2H3. The van der Waals surface area contributed by atoms with Gasteiger partial charge in [-0.25, -0.2) is 0 Å². The quantitative estimate of drug-likeness (QED) is 0.732. The molecule has 12 heavy (non-hydrogen) atoms. The molecule has 1 aromatic rings. The van der Waals surface area contributed by atoms with E-state index in [1.165, 1.54) is 5.56 Å². The molecule has 1 unspecified atom stereocenters. The molecule has 0 saturated heterocycles. The van der Waals surface area contributed by atoms with Gasteiger partial charge in [-0.15, -0.1) is 0 Å². The van der Waals surface area contributed by atoms with E-state index in [0.29, 0.717) is 0 Å². The van der Waals surface area contributed by atoms with Crippen molar-refractivity contribution in [2.45, 2.75) is 39.3 Å². The maximum absolute atomic E-state index is 5.82. The first-order valence-electron chi connectivity index (χ1n) is 4.53. The summed E-state index contributed by atoms with van der Waals surface area (Å²) in [6.45, 7) is 5.12. The fourth-order valence-corrected chi connectivity index (χ4v) is 1.13. The molecule has 1 aromatic heterocycles. The van der Waals surface area contributed by atoms with Crippen LogP contribution >= 0.6 is 0 Å². The van der Waals surface area contributed by atoms with Crippen molar-refractivity contribution in [2.24, 2.45) is 5.73 Å². The van der Waals surface area contributed by atoms with Crippen molar-refractivity contribution in [3.63, 3.8) is 0 Å². The number of aryl methyl sites for hydroxylation is 1. The van der Waals surface area contributed by atoms with Crippen molar-refractivity contribution < 1.29 is 0 Å². The smallest absolute Gasteiger partial charge is 0.0522 e. The van der Waals surface area contributed by atoms with E-state index >= 15 is 0 Å². The lowest BCUT2D eigenvalue weighted by Crippen LogP contribution is -2.21. The number of hydrogen-bond acceptors (Lipinski definition) is 2. The van der Waals surface area contributed by atoms with Gasteiger partial charge in [0.1, 0.15) is 0 Å². The SMILES string of the molecule is CCC(N)Cc1cnn(CC)c1. The van der Waals surface area contributed by atoms with Gasteiger partial charge in [0.25, 0.3) is 0 Å². The lowest BCUT2D eigenvalue weighted by atomic mass is 10.1. The van der Waals surface area contributed by atoms with Crippen LogP contribution in [0.5, 0.6) is 0 Å². The van der Waals surface area contributed by atoms with E-state index in [2.05, 4.69) is 25.1 Å². The van der Waals surface area contributed by atoms with Crippen LogP contribution in [0.15, 0.2) is 12.4 Å². The van der Waals surface area contributed by atoms with Crippen molar-refractivity contribution in [1.29, 1.82) is 0 Å². The van der Waals surface area contributed by atoms with Crippen LogP contribution in [0.25, 0.3) is 0 Å². The normalized spacial score (nSPS) is 13.2. The highest BCUT2D eigenvalue weighted by atomic mass is 15.3. The van der Waals surface area contributed by atoms with Gasteiger partial charge in [-0.3, -0.25) is 4.68 Å². The van der Waals surface area contributed by atoms with E-state index in [-0.39, 0.29) is 6.04 Å². The van der Waals surface area contributed by atoms with Crippen molar-refractivity contribution >= 4 is 0 Å². The van der Waals surface area contributed by atoms with Crippen molar-refractivity contribution in [1.82, 2.24) is 9.78 Å². The maximum Gasteiger partial charge on any atom is 0.0522 e. The minimum Gasteiger partial charge on any atom is -0.327 e. The average Bonchev–Trinajstić information content (AvgIpc) is 2.52. The lowest BCUT2D eigenvalue weighted by molar-refractivity contribution is 0.640. The third kappa shape index (κ3) is 2.34. The van der Waals surface area contributed by atoms with Gasteiger partial charge in [0.2, 0.25) is 0 Å². The number of nitrogens with two attached hydrogens (primary N) is 1. The third-order valence-corrected chi connectivity index (χ3v) is 2.03. The molecule has 0 radical (unpaired) electrons. The Morgan fingerprint density at radius 2 is 2.33 bits per heavy atom. The van der Waals surface area contributed by atoms with E-state index in [4.69, 9.17) is 5.73 Å². The highest BCUT2D eigenvalue weighted by Crippen LogP contribution is 2.02. The molecule has 0 fully saturated rings. The molecule has 1 heterocycles. The zero-order valence-corrected chi connectivity index (χ0v) is 7.83. The van der Waals surface area contributed by atoms with Crippen LogP contribution in [-0.4, -0.2) is 15.8 Å². The number of rotatable bonds is 4. The highest BCUT2D eigenvalue weighted by Gasteiger charge is 2.02. The minimum absolute atomic E-state index is 0.277. The molecular weight excluding hydrogens is 150 g/mol. The third-order valence-electron chi connectivity index (χ3n) is 2.03. The van der Waals surface area contributed by atoms with Crippen molar-refractivity contribution in [3.8, 4) is 0 Å². The number of nitrogens with zero attached hydrogens (tertiary/aromatic N) is 2. The van der Waals surface area contributed by atoms with Crippen LogP contribution in [0.3, 0.4) is 0 Å². The van der Waals surface area contributed by atoms with Gasteiger partial charge in [-0.1, -0.05) is 6.92 Å². The second-order valence-electron chi connectivity index (χ2n) is 3.08. The molecule has 2 N–H and O–H groups in total. The number of aromatic nitrogens is 2. The Morgan fingerprint density at radius 1 is 1.58 bits per heavy atom. The van der Waals surface area contributed by atoms with Gasteiger partial charge < -0.3 is 5.73 Å². The Balaban J connectivity index is 2.52. The van der Waals surface area contributed by atoms with Crippen molar-refractivity contribution in [2.75, 3.05) is 0 Å². The van der Waals surface area contributed by atoms with Crippen LogP contribution in [0.1, 0.15) is 25.8 Å². The van der Waals surface area contributed by atoms with E-state index in [1.807, 2.05) is 10.9 Å². The fourth-order valence-electron chi connectivity index (χ4n) is 1.13. The second kappa shape index (κ2) is 4.26. The van der Waals surface area contributed by atoms with Crippen LogP contribution in [0.4, 0.5) is 0 Å². The zero-order valence-electron chi connectivity index (χ0n) is 7.83. The van der Waals surface area contributed by atoms with Crippen LogP contribution < -0.4 is 5.73 Å². The minimum atomic E-state index is 0.277. The predicted octanol–water partition coefficient (Wildman–Crippen LogP) is 1.18. The highest BCUT2D eigenvalue weighted by molar-refractivity contribution is 5.05. The van der Waals surface area contributed by atoms with Crippen LogP contribution in [0, 0.1) is 0 Å². The molecular formula is C9H17N3. The summed E-state index contributed by atoms with van der Waals surface area (Å²) < 4.78 is 1.93. The Kier molecular flexibility index (Phi) is 3.29. The molecule has 0 aliphatic rings. The molecule has 3 nitrogen and oxygen atoms in total. The van der Waals surface area contributed by atoms with Gasteiger partial charge in [0, 0.05) is 18.8 Å². The molecule has 3 heteroatoms. The molecule has 0 aliphatic carbocycles. The molecule has 0 saturated carbocycles. The summed E-state index contributed by atoms with van der Waals surface area (Å²) in [4.78, 5) is 0. The molecule has 0 bridgehead atoms. The molecule has 68 valence electrons. The second-order valence-corrected chi connectivity index (χ2v) is 3.08. The summed E-state index contributed by atoms with van der Waals surface area (Å²) in [5.74, 6) is 0. The zero-order chi connectivity index (χ0) is 8.97. The molecule has 0 amide bonds. The van der Waals surface area contributed by atoms with Crippen LogP contribution in [0.2, 0.25) is 0 Å². The van der Waals surface area contributed by atoms with E-state index in [0.717, 1.165) is 19.4 Å². The van der Waals surface area contributed by atoms with E-state index in [1.54, 1.807) is 0 Å². The summed E-state index contributed by atoms with van der Waals surface area (Å²) in [5, 5.41) is 4.18. The Labute approximate surface area is 73.6 Å². The van der Waals surface area contributed by atoms with Crippen molar-refractivity contribution in [3.05, 3.63) is 18.0 Å². The predicted molar refractivity (Wildman–Crippen MR) is 49.9 cm³/mol. The van der Waals surface area contributed by atoms with Gasteiger partial charge in [-0.05, 0) is 25.3 Å². The summed E-state index contributed by atoms with van der Waals surface area (Å²) >= 11 is 0. The summed E-state index contributed by atoms with van der Waals surface area (Å²) in [6.07, 6.45) is 5.93. The summed E-state index contributed by atoms with van der Waals surface area (Å²) in [7, 11) is 0. The van der Waals surface area contributed by atoms with Gasteiger partial charge in [0.15, 0.2) is 0 Å². The van der Waals surface area contributed by atoms with Gasteiger partial charge in [0.05, 0.1) is 6.20 Å². The first-order valence-corrected chi connectivity index (χ1v) is 4.53. The molecule has 0 aliphatic heterocycles. The first-order chi connectivity index (χ1) is 5.76. The number of hydrogen-bond donors (Lipinski definition) is 1. The maximum atomic E-state index is 5.82. The van der Waals surface area contributed by atoms with Crippen LogP contribution in [-0.2, 0) is 13.0 Å². The molecule has 1 atom stereocenters. The Morgan fingerprint density at radius 3 is 2.83 bits per heavy atom. The van der Waals surface area contributed by atoms with Gasteiger partial charge >= 0.3 is 0 Å². The summed E-state index contributed by atoms with van der Waals surface area (Å²) in [5.41, 5.74) is 7.06. The Hall–Kier alpha value is -0.830.